The van der Waals surface area contributed by atoms with Gasteiger partial charge in [-0.2, -0.15) is 0 Å². The summed E-state index contributed by atoms with van der Waals surface area (Å²) in [5.41, 5.74) is 1.04. The van der Waals surface area contributed by atoms with Gasteiger partial charge in [0.15, 0.2) is 6.61 Å². The molecule has 1 fully saturated rings. The Balaban J connectivity index is 1.72. The van der Waals surface area contributed by atoms with Crippen molar-refractivity contribution < 1.29 is 23.9 Å². The molecule has 24 heavy (non-hydrogen) atoms. The number of nitrogens with zero attached hydrogens (tertiary/aromatic N) is 1. The highest BCUT2D eigenvalue weighted by molar-refractivity contribution is 5.99. The summed E-state index contributed by atoms with van der Waals surface area (Å²) < 4.78 is 10.4. The van der Waals surface area contributed by atoms with E-state index in [-0.39, 0.29) is 30.3 Å². The fourth-order valence-corrected chi connectivity index (χ4v) is 3.00. The summed E-state index contributed by atoms with van der Waals surface area (Å²) in [5.74, 6) is -0.385. The van der Waals surface area contributed by atoms with Gasteiger partial charge in [-0.1, -0.05) is 0 Å². The van der Waals surface area contributed by atoms with E-state index in [0.29, 0.717) is 36.7 Å². The molecule has 7 nitrogen and oxygen atoms in total. The molecular formula is C17H20N2O5. The Bertz CT molecular complexity index is 673. The van der Waals surface area contributed by atoms with Gasteiger partial charge in [0.25, 0.3) is 11.8 Å². The summed E-state index contributed by atoms with van der Waals surface area (Å²) in [5, 5.41) is 2.69. The van der Waals surface area contributed by atoms with Crippen LogP contribution in [0.1, 0.15) is 30.1 Å². The molecule has 0 unspecified atom stereocenters. The minimum Gasteiger partial charge on any atom is -0.482 e. The summed E-state index contributed by atoms with van der Waals surface area (Å²) in [6.45, 7) is 3.04. The molecule has 1 saturated heterocycles. The molecule has 1 aromatic rings. The lowest BCUT2D eigenvalue weighted by atomic mass is 9.97. The van der Waals surface area contributed by atoms with Crippen molar-refractivity contribution in [2.24, 2.45) is 5.92 Å². The van der Waals surface area contributed by atoms with Gasteiger partial charge in [-0.25, -0.2) is 0 Å². The Morgan fingerprint density at radius 3 is 3.04 bits per heavy atom. The van der Waals surface area contributed by atoms with Crippen molar-refractivity contribution in [3.8, 4) is 5.75 Å². The van der Waals surface area contributed by atoms with Crippen molar-refractivity contribution in [2.75, 3.05) is 31.6 Å². The third-order valence-electron chi connectivity index (χ3n) is 4.19. The summed E-state index contributed by atoms with van der Waals surface area (Å²) >= 11 is 0. The number of fused-ring (bicyclic) bond motifs is 1. The molecule has 2 heterocycles. The van der Waals surface area contributed by atoms with Crippen LogP contribution < -0.4 is 10.1 Å². The van der Waals surface area contributed by atoms with E-state index in [9.17, 15) is 14.4 Å². The van der Waals surface area contributed by atoms with E-state index < -0.39 is 0 Å². The highest BCUT2D eigenvalue weighted by Crippen LogP contribution is 2.29. The lowest BCUT2D eigenvalue weighted by molar-refractivity contribution is -0.149. The van der Waals surface area contributed by atoms with Crippen molar-refractivity contribution in [2.45, 2.75) is 19.8 Å². The number of amides is 2. The van der Waals surface area contributed by atoms with Crippen molar-refractivity contribution >= 4 is 23.5 Å². The molecular weight excluding hydrogens is 312 g/mol. The van der Waals surface area contributed by atoms with Gasteiger partial charge < -0.3 is 19.7 Å². The van der Waals surface area contributed by atoms with Gasteiger partial charge in [0.05, 0.1) is 18.2 Å². The molecule has 0 aromatic heterocycles. The fourth-order valence-electron chi connectivity index (χ4n) is 3.00. The zero-order chi connectivity index (χ0) is 17.1. The average molecular weight is 332 g/mol. The van der Waals surface area contributed by atoms with E-state index in [1.54, 1.807) is 30.0 Å². The molecule has 0 saturated carbocycles. The minimum atomic E-state index is -0.268. The van der Waals surface area contributed by atoms with Gasteiger partial charge in [-0.05, 0) is 38.0 Å². The minimum absolute atomic E-state index is 0.0563. The van der Waals surface area contributed by atoms with Gasteiger partial charge in [0.2, 0.25) is 0 Å². The van der Waals surface area contributed by atoms with Crippen LogP contribution in [0.2, 0.25) is 0 Å². The molecule has 0 spiro atoms. The van der Waals surface area contributed by atoms with Crippen LogP contribution in [0.5, 0.6) is 5.75 Å². The number of benzene rings is 1. The lowest BCUT2D eigenvalue weighted by Crippen LogP contribution is -2.42. The number of hydrogen-bond donors (Lipinski definition) is 1. The van der Waals surface area contributed by atoms with Crippen LogP contribution in [0.15, 0.2) is 18.2 Å². The number of likely N-dealkylation sites (tertiary alicyclic amines) is 1. The molecule has 0 radical (unpaired) electrons. The van der Waals surface area contributed by atoms with Crippen molar-refractivity contribution in [3.63, 3.8) is 0 Å². The van der Waals surface area contributed by atoms with Crippen LogP contribution in [-0.2, 0) is 14.3 Å². The predicted octanol–water partition coefficient (Wildman–Crippen LogP) is 1.43. The zero-order valence-electron chi connectivity index (χ0n) is 13.5. The van der Waals surface area contributed by atoms with Crippen LogP contribution >= 0.6 is 0 Å². The monoisotopic (exact) mass is 332 g/mol. The predicted molar refractivity (Wildman–Crippen MR) is 85.8 cm³/mol. The molecule has 1 aromatic carbocycles. The topological polar surface area (TPSA) is 84.9 Å². The van der Waals surface area contributed by atoms with Crippen LogP contribution in [0.25, 0.3) is 0 Å². The summed E-state index contributed by atoms with van der Waals surface area (Å²) in [6.07, 6.45) is 1.51. The smallest absolute Gasteiger partial charge is 0.310 e. The first-order valence-corrected chi connectivity index (χ1v) is 8.11. The number of carbonyl (C=O) groups excluding carboxylic acids is 3. The van der Waals surface area contributed by atoms with E-state index in [1.807, 2.05) is 0 Å². The van der Waals surface area contributed by atoms with Crippen molar-refractivity contribution in [3.05, 3.63) is 23.8 Å². The van der Waals surface area contributed by atoms with E-state index in [4.69, 9.17) is 9.47 Å². The van der Waals surface area contributed by atoms with Crippen LogP contribution in [0, 0.1) is 5.92 Å². The molecule has 128 valence electrons. The second kappa shape index (κ2) is 6.90. The highest BCUT2D eigenvalue weighted by atomic mass is 16.5. The largest absolute Gasteiger partial charge is 0.482 e. The molecule has 0 aliphatic carbocycles. The summed E-state index contributed by atoms with van der Waals surface area (Å²) in [4.78, 5) is 37.6. The molecule has 0 bridgehead atoms. The maximum atomic E-state index is 12.7. The third-order valence-corrected chi connectivity index (χ3v) is 4.19. The highest BCUT2D eigenvalue weighted by Gasteiger charge is 2.30. The lowest BCUT2D eigenvalue weighted by Gasteiger charge is -2.31. The SMILES string of the molecule is CCOC(=O)[C@H]1CCCN(C(=O)c2ccc3c(c2)OCC(=O)N3)C1. The number of ether oxygens (including phenoxy) is 2. The Morgan fingerprint density at radius 2 is 2.25 bits per heavy atom. The first kappa shape index (κ1) is 16.3. The zero-order valence-corrected chi connectivity index (χ0v) is 13.5. The Morgan fingerprint density at radius 1 is 1.42 bits per heavy atom. The first-order valence-electron chi connectivity index (χ1n) is 8.11. The Hall–Kier alpha value is -2.57. The van der Waals surface area contributed by atoms with Crippen LogP contribution in [-0.4, -0.2) is 49.0 Å². The van der Waals surface area contributed by atoms with Gasteiger partial charge in [-0.15, -0.1) is 0 Å². The fraction of sp³-hybridized carbons (Fsp3) is 0.471. The van der Waals surface area contributed by atoms with Gasteiger partial charge in [-0.3, -0.25) is 14.4 Å². The Kier molecular flexibility index (Phi) is 4.69. The van der Waals surface area contributed by atoms with E-state index in [2.05, 4.69) is 5.32 Å². The number of carbonyl (C=O) groups is 3. The molecule has 7 heteroatoms. The van der Waals surface area contributed by atoms with Crippen LogP contribution in [0.3, 0.4) is 0 Å². The Labute approximate surface area is 139 Å². The number of piperidine rings is 1. The molecule has 2 aliphatic heterocycles. The van der Waals surface area contributed by atoms with Gasteiger partial charge >= 0.3 is 5.97 Å². The number of rotatable bonds is 3. The maximum Gasteiger partial charge on any atom is 0.310 e. The normalized spacial score (nSPS) is 19.8. The van der Waals surface area contributed by atoms with E-state index >= 15 is 0 Å². The van der Waals surface area contributed by atoms with E-state index in [0.717, 1.165) is 12.8 Å². The number of hydrogen-bond acceptors (Lipinski definition) is 5. The average Bonchev–Trinajstić information content (AvgIpc) is 2.61. The molecule has 1 atom stereocenters. The molecule has 2 amide bonds. The first-order chi connectivity index (χ1) is 11.6. The van der Waals surface area contributed by atoms with Gasteiger partial charge in [0.1, 0.15) is 5.75 Å². The van der Waals surface area contributed by atoms with E-state index in [1.165, 1.54) is 0 Å². The van der Waals surface area contributed by atoms with Gasteiger partial charge in [0, 0.05) is 18.7 Å². The third kappa shape index (κ3) is 3.34. The van der Waals surface area contributed by atoms with Crippen molar-refractivity contribution in [1.82, 2.24) is 4.90 Å². The molecule has 2 aliphatic rings. The van der Waals surface area contributed by atoms with Crippen LogP contribution in [0.4, 0.5) is 5.69 Å². The van der Waals surface area contributed by atoms with Crippen molar-refractivity contribution in [1.29, 1.82) is 0 Å². The number of anilines is 1. The maximum absolute atomic E-state index is 12.7. The summed E-state index contributed by atoms with van der Waals surface area (Å²) in [7, 11) is 0. The second-order valence-corrected chi connectivity index (χ2v) is 5.89. The second-order valence-electron chi connectivity index (χ2n) is 5.89. The standard InChI is InChI=1S/C17H20N2O5/c1-2-23-17(22)12-4-3-7-19(9-12)16(21)11-5-6-13-14(8-11)24-10-15(20)18-13/h5-6,8,12H,2-4,7,9-10H2,1H3,(H,18,20)/t12-/m0/s1. The summed E-state index contributed by atoms with van der Waals surface area (Å²) in [6, 6.07) is 4.95. The number of nitrogens with one attached hydrogen (secondary N) is 1. The molecule has 3 rings (SSSR count). The number of esters is 1. The molecule has 1 N–H and O–H groups in total. The quantitative estimate of drug-likeness (QED) is 0.847.